The first kappa shape index (κ1) is 17.6. The molecule has 0 heterocycles. The lowest BCUT2D eigenvalue weighted by Crippen LogP contribution is -2.23. The topological polar surface area (TPSA) is 63.4 Å². The van der Waals surface area contributed by atoms with Gasteiger partial charge < -0.3 is 10.6 Å². The number of carbonyl (C=O) groups excluding carboxylic acids is 1. The molecule has 0 spiro atoms. The standard InChI is InChI=1S/C16H16BrFN2O2S/c1-20(9-10-3-5-12(6-4-10)23(2)22)14-8-11(17)7-13(18)15(14)16(19)21/h3-8H,9H2,1-2H3,(H2,19,21). The number of rotatable bonds is 5. The van der Waals surface area contributed by atoms with E-state index in [1.54, 1.807) is 36.4 Å². The number of hydrogen-bond acceptors (Lipinski definition) is 3. The smallest absolute Gasteiger partial charge is 0.253 e. The van der Waals surface area contributed by atoms with Gasteiger partial charge in [0.2, 0.25) is 0 Å². The Labute approximate surface area is 145 Å². The SMILES string of the molecule is CN(Cc1ccc(S(C)=O)cc1)c1cc(Br)cc(F)c1C(N)=O. The van der Waals surface area contributed by atoms with Gasteiger partial charge >= 0.3 is 0 Å². The molecule has 2 N–H and O–H groups in total. The molecule has 2 rings (SSSR count). The molecule has 0 bridgehead atoms. The van der Waals surface area contributed by atoms with Gasteiger partial charge in [0.1, 0.15) is 5.82 Å². The molecule has 0 aromatic heterocycles. The van der Waals surface area contributed by atoms with Crippen molar-refractivity contribution in [2.45, 2.75) is 11.4 Å². The average Bonchev–Trinajstić information content (AvgIpc) is 2.46. The summed E-state index contributed by atoms with van der Waals surface area (Å²) < 4.78 is 25.9. The van der Waals surface area contributed by atoms with E-state index < -0.39 is 22.5 Å². The van der Waals surface area contributed by atoms with E-state index in [-0.39, 0.29) is 5.56 Å². The largest absolute Gasteiger partial charge is 0.370 e. The number of nitrogens with two attached hydrogens (primary N) is 1. The predicted molar refractivity (Wildman–Crippen MR) is 93.5 cm³/mol. The fourth-order valence-electron chi connectivity index (χ4n) is 2.25. The summed E-state index contributed by atoms with van der Waals surface area (Å²) in [6, 6.07) is 10.1. The first-order chi connectivity index (χ1) is 10.8. The second-order valence-corrected chi connectivity index (χ2v) is 7.40. The zero-order valence-corrected chi connectivity index (χ0v) is 15.1. The Morgan fingerprint density at radius 1 is 1.30 bits per heavy atom. The lowest BCUT2D eigenvalue weighted by molar-refractivity contribution is 0.0997. The van der Waals surface area contributed by atoms with E-state index in [0.29, 0.717) is 16.7 Å². The molecule has 0 aliphatic heterocycles. The van der Waals surface area contributed by atoms with Crippen LogP contribution in [0.4, 0.5) is 10.1 Å². The van der Waals surface area contributed by atoms with Gasteiger partial charge in [0.25, 0.3) is 5.91 Å². The van der Waals surface area contributed by atoms with Crippen LogP contribution in [-0.4, -0.2) is 23.4 Å². The van der Waals surface area contributed by atoms with Crippen molar-refractivity contribution >= 4 is 38.3 Å². The highest BCUT2D eigenvalue weighted by molar-refractivity contribution is 9.10. The van der Waals surface area contributed by atoms with Crippen LogP contribution < -0.4 is 10.6 Å². The van der Waals surface area contributed by atoms with Crippen molar-refractivity contribution in [3.05, 3.63) is 57.8 Å². The predicted octanol–water partition coefficient (Wildman–Crippen LogP) is 3.06. The molecule has 0 aliphatic rings. The molecular formula is C16H16BrFN2O2S. The highest BCUT2D eigenvalue weighted by atomic mass is 79.9. The molecule has 2 aromatic carbocycles. The number of anilines is 1. The second kappa shape index (κ2) is 7.23. The van der Waals surface area contributed by atoms with Gasteiger partial charge in [-0.2, -0.15) is 0 Å². The van der Waals surface area contributed by atoms with Gasteiger partial charge in [0.05, 0.1) is 11.3 Å². The van der Waals surface area contributed by atoms with Crippen LogP contribution in [-0.2, 0) is 17.3 Å². The number of benzene rings is 2. The first-order valence-electron chi connectivity index (χ1n) is 6.72. The maximum atomic E-state index is 14.0. The van der Waals surface area contributed by atoms with E-state index in [1.165, 1.54) is 6.07 Å². The molecule has 0 saturated carbocycles. The lowest BCUT2D eigenvalue weighted by atomic mass is 10.1. The van der Waals surface area contributed by atoms with Crippen molar-refractivity contribution in [2.24, 2.45) is 5.73 Å². The molecular weight excluding hydrogens is 383 g/mol. The fourth-order valence-corrected chi connectivity index (χ4v) is 3.19. The number of hydrogen-bond donors (Lipinski definition) is 1. The van der Waals surface area contributed by atoms with Gasteiger partial charge in [0, 0.05) is 40.0 Å². The van der Waals surface area contributed by atoms with Crippen LogP contribution in [0.5, 0.6) is 0 Å². The summed E-state index contributed by atoms with van der Waals surface area (Å²) in [5, 5.41) is 0. The van der Waals surface area contributed by atoms with Crippen LogP contribution in [0, 0.1) is 5.82 Å². The number of halogens is 2. The van der Waals surface area contributed by atoms with Gasteiger partial charge in [-0.25, -0.2) is 4.39 Å². The Hall–Kier alpha value is -1.73. The zero-order valence-electron chi connectivity index (χ0n) is 12.7. The highest BCUT2D eigenvalue weighted by Crippen LogP contribution is 2.28. The van der Waals surface area contributed by atoms with E-state index in [4.69, 9.17) is 5.73 Å². The number of carbonyl (C=O) groups is 1. The third-order valence-corrected chi connectivity index (χ3v) is 4.76. The maximum absolute atomic E-state index is 14.0. The Morgan fingerprint density at radius 3 is 2.43 bits per heavy atom. The van der Waals surface area contributed by atoms with Crippen LogP contribution in [0.2, 0.25) is 0 Å². The lowest BCUT2D eigenvalue weighted by Gasteiger charge is -2.22. The quantitative estimate of drug-likeness (QED) is 0.841. The van der Waals surface area contributed by atoms with Crippen molar-refractivity contribution in [1.82, 2.24) is 0 Å². The normalized spacial score (nSPS) is 12.0. The summed E-state index contributed by atoms with van der Waals surface area (Å²) in [6.07, 6.45) is 1.62. The second-order valence-electron chi connectivity index (χ2n) is 5.10. The van der Waals surface area contributed by atoms with E-state index in [9.17, 15) is 13.4 Å². The summed E-state index contributed by atoms with van der Waals surface area (Å²) in [6.45, 7) is 0.451. The van der Waals surface area contributed by atoms with Crippen molar-refractivity contribution in [3.8, 4) is 0 Å². The van der Waals surface area contributed by atoms with Gasteiger partial charge in [-0.3, -0.25) is 9.00 Å². The first-order valence-corrected chi connectivity index (χ1v) is 9.07. The molecule has 0 aliphatic carbocycles. The molecule has 2 aromatic rings. The van der Waals surface area contributed by atoms with Crippen LogP contribution in [0.15, 0.2) is 45.8 Å². The van der Waals surface area contributed by atoms with Crippen LogP contribution in [0.1, 0.15) is 15.9 Å². The van der Waals surface area contributed by atoms with Crippen LogP contribution in [0.3, 0.4) is 0 Å². The third-order valence-electron chi connectivity index (χ3n) is 3.37. The minimum Gasteiger partial charge on any atom is -0.370 e. The van der Waals surface area contributed by atoms with Gasteiger partial charge in [-0.05, 0) is 29.8 Å². The summed E-state index contributed by atoms with van der Waals surface area (Å²) in [5.41, 5.74) is 6.51. The Kier molecular flexibility index (Phi) is 5.54. The number of amides is 1. The summed E-state index contributed by atoms with van der Waals surface area (Å²) in [4.78, 5) is 14.0. The molecule has 1 atom stereocenters. The Bertz CT molecular complexity index is 765. The third kappa shape index (κ3) is 4.17. The van der Waals surface area contributed by atoms with Crippen molar-refractivity contribution in [2.75, 3.05) is 18.2 Å². The molecule has 1 unspecified atom stereocenters. The molecule has 7 heteroatoms. The average molecular weight is 399 g/mol. The molecule has 1 amide bonds. The Balaban J connectivity index is 2.32. The van der Waals surface area contributed by atoms with Crippen molar-refractivity contribution in [3.63, 3.8) is 0 Å². The molecule has 4 nitrogen and oxygen atoms in total. The van der Waals surface area contributed by atoms with Gasteiger partial charge in [0.15, 0.2) is 0 Å². The van der Waals surface area contributed by atoms with Crippen LogP contribution >= 0.6 is 15.9 Å². The van der Waals surface area contributed by atoms with Crippen molar-refractivity contribution in [1.29, 1.82) is 0 Å². The summed E-state index contributed by atoms with van der Waals surface area (Å²) >= 11 is 3.22. The minimum atomic E-state index is -1.03. The van der Waals surface area contributed by atoms with Gasteiger partial charge in [-0.15, -0.1) is 0 Å². The van der Waals surface area contributed by atoms with E-state index in [0.717, 1.165) is 10.5 Å². The van der Waals surface area contributed by atoms with Crippen LogP contribution in [0.25, 0.3) is 0 Å². The van der Waals surface area contributed by atoms with E-state index in [2.05, 4.69) is 15.9 Å². The maximum Gasteiger partial charge on any atom is 0.253 e. The molecule has 0 fully saturated rings. The minimum absolute atomic E-state index is 0.137. The zero-order chi connectivity index (χ0) is 17.1. The van der Waals surface area contributed by atoms with Crippen molar-refractivity contribution < 1.29 is 13.4 Å². The van der Waals surface area contributed by atoms with E-state index >= 15 is 0 Å². The molecule has 0 radical (unpaired) electrons. The Morgan fingerprint density at radius 2 is 1.91 bits per heavy atom. The highest BCUT2D eigenvalue weighted by Gasteiger charge is 2.18. The van der Waals surface area contributed by atoms with Gasteiger partial charge in [-0.1, -0.05) is 28.1 Å². The molecule has 122 valence electrons. The monoisotopic (exact) mass is 398 g/mol. The number of nitrogens with zero attached hydrogens (tertiary/aromatic N) is 1. The van der Waals surface area contributed by atoms with E-state index in [1.807, 2.05) is 12.1 Å². The summed E-state index contributed by atoms with van der Waals surface area (Å²) in [5.74, 6) is -1.47. The number of primary amides is 1. The molecule has 0 saturated heterocycles. The fraction of sp³-hybridized carbons (Fsp3) is 0.188. The molecule has 23 heavy (non-hydrogen) atoms. The summed E-state index contributed by atoms with van der Waals surface area (Å²) in [7, 11) is 0.717.